The lowest BCUT2D eigenvalue weighted by molar-refractivity contribution is -0.149. The summed E-state index contributed by atoms with van der Waals surface area (Å²) in [6.07, 6.45) is 0. The summed E-state index contributed by atoms with van der Waals surface area (Å²) in [5.41, 5.74) is 1.09. The lowest BCUT2D eigenvalue weighted by Gasteiger charge is -2.28. The van der Waals surface area contributed by atoms with E-state index < -0.39 is 11.7 Å². The van der Waals surface area contributed by atoms with Gasteiger partial charge in [-0.25, -0.2) is 9.59 Å². The first-order valence-corrected chi connectivity index (χ1v) is 9.93. The van der Waals surface area contributed by atoms with Gasteiger partial charge in [0.05, 0.1) is 16.6 Å². The quantitative estimate of drug-likeness (QED) is 0.279. The molecule has 1 aromatic heterocycles. The second-order valence-corrected chi connectivity index (χ2v) is 9.96. The number of hydrogen-bond donors (Lipinski definition) is 4. The van der Waals surface area contributed by atoms with Gasteiger partial charge in [0.1, 0.15) is 5.75 Å². The Hall–Kier alpha value is -3.06. The fourth-order valence-electron chi connectivity index (χ4n) is 3.71. The molecular formula is C24H31N3O4. The topological polar surface area (TPSA) is 107 Å². The summed E-state index contributed by atoms with van der Waals surface area (Å²) in [6, 6.07) is 8.93. The maximum Gasteiger partial charge on any atom is 0.370 e. The molecule has 0 amide bonds. The molecule has 4 N–H and O–H groups in total. The Bertz CT molecular complexity index is 1220. The fraction of sp³-hybridized carbons (Fsp3) is 0.417. The minimum Gasteiger partial charge on any atom is -0.422 e. The molecule has 3 aromatic rings. The Morgan fingerprint density at radius 2 is 1.58 bits per heavy atom. The van der Waals surface area contributed by atoms with Crippen LogP contribution in [-0.4, -0.2) is 21.0 Å². The minimum atomic E-state index is -2.04. The van der Waals surface area contributed by atoms with E-state index in [2.05, 4.69) is 42.1 Å². The van der Waals surface area contributed by atoms with Crippen molar-refractivity contribution in [1.29, 1.82) is 0 Å². The highest BCUT2D eigenvalue weighted by molar-refractivity contribution is 5.92. The number of rotatable bonds is 2. The molecule has 1 atom stereocenters. The lowest BCUT2D eigenvalue weighted by atomic mass is 9.78. The zero-order chi connectivity index (χ0) is 22.1. The normalized spacial score (nSPS) is 18.5. The van der Waals surface area contributed by atoms with Crippen molar-refractivity contribution in [3.05, 3.63) is 57.5 Å². The number of nitrogens with one attached hydrogen (secondary N) is 3. The molecule has 2 heterocycles. The van der Waals surface area contributed by atoms with Crippen molar-refractivity contribution < 1.29 is 14.6 Å². The lowest BCUT2D eigenvalue weighted by Crippen LogP contribution is -2.41. The molecule has 7 nitrogen and oxygen atoms in total. The molecule has 166 valence electrons. The first kappa shape index (κ1) is 22.6. The van der Waals surface area contributed by atoms with Crippen LogP contribution in [0.3, 0.4) is 0 Å². The van der Waals surface area contributed by atoms with Crippen LogP contribution in [0.25, 0.3) is 11.0 Å². The van der Waals surface area contributed by atoms with Crippen LogP contribution < -0.4 is 15.7 Å². The first-order chi connectivity index (χ1) is 13.8. The van der Waals surface area contributed by atoms with Crippen LogP contribution in [0.5, 0.6) is 5.75 Å². The van der Waals surface area contributed by atoms with Crippen LogP contribution in [0.4, 0.5) is 5.69 Å². The summed E-state index contributed by atoms with van der Waals surface area (Å²) in [6.45, 7) is 12.4. The molecule has 4 rings (SSSR count). The first-order valence-electron chi connectivity index (χ1n) is 9.93. The largest absolute Gasteiger partial charge is 0.422 e. The van der Waals surface area contributed by atoms with E-state index in [1.54, 1.807) is 18.2 Å². The van der Waals surface area contributed by atoms with Crippen LogP contribution in [0, 0.1) is 0 Å². The van der Waals surface area contributed by atoms with Crippen molar-refractivity contribution in [3.8, 4) is 5.75 Å². The number of carbonyl (C=O) groups excluding carboxylic acids is 1. The van der Waals surface area contributed by atoms with E-state index in [0.717, 1.165) is 11.1 Å². The third kappa shape index (κ3) is 3.74. The molecule has 31 heavy (non-hydrogen) atoms. The third-order valence-corrected chi connectivity index (χ3v) is 5.48. The van der Waals surface area contributed by atoms with Gasteiger partial charge >= 0.3 is 11.7 Å². The number of ether oxygens (including phenoxy) is 1. The van der Waals surface area contributed by atoms with Crippen molar-refractivity contribution in [2.75, 3.05) is 5.32 Å². The number of aliphatic hydroxyl groups is 1. The summed E-state index contributed by atoms with van der Waals surface area (Å²) in [7, 11) is 0. The number of aromatic nitrogens is 2. The predicted molar refractivity (Wildman–Crippen MR) is 123 cm³/mol. The van der Waals surface area contributed by atoms with Crippen LogP contribution in [0.1, 0.15) is 65.7 Å². The zero-order valence-electron chi connectivity index (χ0n) is 18.1. The molecule has 0 aliphatic carbocycles. The summed E-state index contributed by atoms with van der Waals surface area (Å²) in [5, 5.41) is 14.4. The molecule has 1 aliphatic heterocycles. The van der Waals surface area contributed by atoms with Gasteiger partial charge in [-0.05, 0) is 40.7 Å². The van der Waals surface area contributed by atoms with E-state index in [0.29, 0.717) is 28.0 Å². The van der Waals surface area contributed by atoms with Crippen molar-refractivity contribution in [2.24, 2.45) is 0 Å². The number of imidazole rings is 1. The molecule has 0 radical (unpaired) electrons. The highest BCUT2D eigenvalue weighted by Gasteiger charge is 2.50. The van der Waals surface area contributed by atoms with Gasteiger partial charge in [0.2, 0.25) is 0 Å². The van der Waals surface area contributed by atoms with Crippen LogP contribution in [0.15, 0.2) is 35.1 Å². The van der Waals surface area contributed by atoms with Crippen LogP contribution in [0.2, 0.25) is 0 Å². The molecule has 0 saturated heterocycles. The van der Waals surface area contributed by atoms with Gasteiger partial charge < -0.3 is 25.1 Å². The average Bonchev–Trinajstić information content (AvgIpc) is 3.09. The van der Waals surface area contributed by atoms with Crippen molar-refractivity contribution in [3.63, 3.8) is 0 Å². The van der Waals surface area contributed by atoms with Gasteiger partial charge in [0.15, 0.2) is 0 Å². The predicted octanol–water partition coefficient (Wildman–Crippen LogP) is 4.26. The smallest absolute Gasteiger partial charge is 0.370 e. The standard InChI is InChI=1S/C23H27N3O4.CH4/c1-21(2,3)12-9-14(22(4,5)6)18-15(10-12)23(29,19(27)30-18)26-13-7-8-16-17(11-13)25-20(28)24-16;/h7-11,26,29H,1-6H3,(H2,24,25,28);1H4. The molecule has 1 aliphatic rings. The summed E-state index contributed by atoms with van der Waals surface area (Å²) in [4.78, 5) is 29.7. The van der Waals surface area contributed by atoms with Gasteiger partial charge in [-0.3, -0.25) is 0 Å². The molecular weight excluding hydrogens is 394 g/mol. The highest BCUT2D eigenvalue weighted by atomic mass is 16.6. The summed E-state index contributed by atoms with van der Waals surface area (Å²) in [5.74, 6) is -0.386. The van der Waals surface area contributed by atoms with Gasteiger partial charge in [-0.1, -0.05) is 55.0 Å². The number of fused-ring (bicyclic) bond motifs is 2. The van der Waals surface area contributed by atoms with Crippen molar-refractivity contribution in [1.82, 2.24) is 9.97 Å². The monoisotopic (exact) mass is 425 g/mol. The van der Waals surface area contributed by atoms with Gasteiger partial charge in [-0.15, -0.1) is 0 Å². The van der Waals surface area contributed by atoms with E-state index >= 15 is 0 Å². The van der Waals surface area contributed by atoms with E-state index in [4.69, 9.17) is 4.74 Å². The highest BCUT2D eigenvalue weighted by Crippen LogP contribution is 2.47. The SMILES string of the molecule is C.CC(C)(C)c1cc(C(C)(C)C)c2c(c1)C(O)(Nc1ccc3[nH]c(=O)[nH]c3c1)C(=O)O2. The van der Waals surface area contributed by atoms with Crippen LogP contribution in [-0.2, 0) is 21.3 Å². The minimum absolute atomic E-state index is 0. The van der Waals surface area contributed by atoms with Gasteiger partial charge in [0.25, 0.3) is 5.72 Å². The zero-order valence-corrected chi connectivity index (χ0v) is 18.1. The van der Waals surface area contributed by atoms with E-state index in [-0.39, 0.29) is 23.9 Å². The summed E-state index contributed by atoms with van der Waals surface area (Å²) < 4.78 is 5.60. The number of aromatic amines is 2. The summed E-state index contributed by atoms with van der Waals surface area (Å²) >= 11 is 0. The van der Waals surface area contributed by atoms with Gasteiger partial charge in [-0.2, -0.15) is 0 Å². The number of anilines is 1. The number of carbonyl (C=O) groups is 1. The molecule has 0 saturated carbocycles. The number of esters is 1. The Labute approximate surface area is 181 Å². The maximum atomic E-state index is 12.9. The molecule has 1 unspecified atom stereocenters. The number of hydrogen-bond acceptors (Lipinski definition) is 5. The van der Waals surface area contributed by atoms with E-state index in [1.807, 2.05) is 26.8 Å². The Kier molecular flexibility index (Phi) is 5.10. The Morgan fingerprint density at radius 3 is 2.19 bits per heavy atom. The third-order valence-electron chi connectivity index (χ3n) is 5.48. The average molecular weight is 426 g/mol. The van der Waals surface area contributed by atoms with Gasteiger partial charge in [0, 0.05) is 11.3 Å². The van der Waals surface area contributed by atoms with Crippen molar-refractivity contribution >= 4 is 22.7 Å². The molecule has 7 heteroatoms. The van der Waals surface area contributed by atoms with Crippen LogP contribution >= 0.6 is 0 Å². The molecule has 0 fully saturated rings. The second kappa shape index (κ2) is 6.99. The van der Waals surface area contributed by atoms with E-state index in [1.165, 1.54) is 0 Å². The maximum absolute atomic E-state index is 12.9. The van der Waals surface area contributed by atoms with E-state index in [9.17, 15) is 14.7 Å². The number of H-pyrrole nitrogens is 2. The molecule has 0 bridgehead atoms. The Morgan fingerprint density at radius 1 is 0.935 bits per heavy atom. The molecule has 2 aromatic carbocycles. The fourth-order valence-corrected chi connectivity index (χ4v) is 3.71. The molecule has 0 spiro atoms. The second-order valence-electron chi connectivity index (χ2n) is 9.96. The Balaban J connectivity index is 0.00000272. The van der Waals surface area contributed by atoms with Crippen molar-refractivity contribution in [2.45, 2.75) is 65.5 Å². The number of benzene rings is 2.